The van der Waals surface area contributed by atoms with Crippen molar-refractivity contribution in [3.8, 4) is 0 Å². The molecular weight excluding hydrogens is 314 g/mol. The molecule has 6 heteroatoms. The summed E-state index contributed by atoms with van der Waals surface area (Å²) in [5.41, 5.74) is 0.112. The number of carbonyl (C=O) groups is 1. The number of aliphatic carboxylic acids is 1. The monoisotopic (exact) mass is 331 g/mol. The summed E-state index contributed by atoms with van der Waals surface area (Å²) in [7, 11) is 0. The van der Waals surface area contributed by atoms with Gasteiger partial charge in [-0.2, -0.15) is 0 Å². The van der Waals surface area contributed by atoms with Gasteiger partial charge in [0.25, 0.3) is 0 Å². The maximum Gasteiger partial charge on any atom is 0.311 e. The third-order valence-corrected chi connectivity index (χ3v) is 4.57. The van der Waals surface area contributed by atoms with E-state index >= 15 is 0 Å². The molecule has 1 fully saturated rings. The second-order valence-electron chi connectivity index (χ2n) is 5.98. The van der Waals surface area contributed by atoms with Crippen LogP contribution in [0.3, 0.4) is 0 Å². The number of piperidine rings is 1. The Morgan fingerprint density at radius 2 is 2.26 bits per heavy atom. The van der Waals surface area contributed by atoms with E-state index in [1.54, 1.807) is 24.7 Å². The highest BCUT2D eigenvalue weighted by Crippen LogP contribution is 2.36. The fourth-order valence-electron chi connectivity index (χ4n) is 3.21. The molecule has 1 atom stereocenters. The molecule has 0 aliphatic carbocycles. The maximum absolute atomic E-state index is 12.0. The van der Waals surface area contributed by atoms with E-state index < -0.39 is 11.4 Å². The van der Waals surface area contributed by atoms with Gasteiger partial charge in [0.1, 0.15) is 5.82 Å². The molecule has 1 N–H and O–H groups in total. The van der Waals surface area contributed by atoms with Crippen molar-refractivity contribution in [1.29, 1.82) is 0 Å². The van der Waals surface area contributed by atoms with Crippen molar-refractivity contribution in [2.24, 2.45) is 5.41 Å². The standard InChI is InChI=1S/C17H18ClN3O2/c18-14-4-1-3-13(9-14)10-17(16(22)23)5-2-8-21(12-17)15-11-19-6-7-20-15/h1,3-4,6-7,9,11H,2,5,8,10,12H2,(H,22,23)/t17-/m0/s1. The Kier molecular flexibility index (Phi) is 4.48. The van der Waals surface area contributed by atoms with Crippen LogP contribution < -0.4 is 4.90 Å². The summed E-state index contributed by atoms with van der Waals surface area (Å²) in [6.45, 7) is 1.22. The van der Waals surface area contributed by atoms with E-state index in [9.17, 15) is 9.90 Å². The third kappa shape index (κ3) is 3.45. The molecule has 1 aliphatic rings. The molecule has 1 saturated heterocycles. The van der Waals surface area contributed by atoms with E-state index in [1.165, 1.54) is 0 Å². The topological polar surface area (TPSA) is 66.3 Å². The molecule has 23 heavy (non-hydrogen) atoms. The van der Waals surface area contributed by atoms with E-state index in [4.69, 9.17) is 11.6 Å². The Hall–Kier alpha value is -2.14. The van der Waals surface area contributed by atoms with Crippen LogP contribution in [0.4, 0.5) is 5.82 Å². The van der Waals surface area contributed by atoms with Gasteiger partial charge in [-0.1, -0.05) is 23.7 Å². The normalized spacial score (nSPS) is 21.2. The summed E-state index contributed by atoms with van der Waals surface area (Å²) in [6, 6.07) is 7.42. The summed E-state index contributed by atoms with van der Waals surface area (Å²) < 4.78 is 0. The minimum atomic E-state index is -0.833. The highest BCUT2D eigenvalue weighted by Gasteiger charge is 2.42. The van der Waals surface area contributed by atoms with E-state index in [1.807, 2.05) is 23.1 Å². The molecule has 3 rings (SSSR count). The van der Waals surface area contributed by atoms with Crippen molar-refractivity contribution >= 4 is 23.4 Å². The third-order valence-electron chi connectivity index (χ3n) is 4.34. The quantitative estimate of drug-likeness (QED) is 0.932. The molecule has 1 aliphatic heterocycles. The van der Waals surface area contributed by atoms with Gasteiger partial charge in [-0.15, -0.1) is 0 Å². The molecule has 5 nitrogen and oxygen atoms in total. The lowest BCUT2D eigenvalue weighted by molar-refractivity contribution is -0.149. The molecule has 0 amide bonds. The zero-order chi connectivity index (χ0) is 16.3. The smallest absolute Gasteiger partial charge is 0.311 e. The number of nitrogens with zero attached hydrogens (tertiary/aromatic N) is 3. The molecule has 2 aromatic rings. The first-order valence-electron chi connectivity index (χ1n) is 7.58. The van der Waals surface area contributed by atoms with E-state index in [0.29, 0.717) is 24.4 Å². The summed E-state index contributed by atoms with van der Waals surface area (Å²) in [5, 5.41) is 10.5. The predicted molar refractivity (Wildman–Crippen MR) is 88.7 cm³/mol. The van der Waals surface area contributed by atoms with Gasteiger partial charge in [0, 0.05) is 30.5 Å². The number of hydrogen-bond donors (Lipinski definition) is 1. The van der Waals surface area contributed by atoms with Gasteiger partial charge in [0.15, 0.2) is 0 Å². The molecule has 2 heterocycles. The number of aromatic nitrogens is 2. The lowest BCUT2D eigenvalue weighted by Crippen LogP contribution is -2.49. The zero-order valence-corrected chi connectivity index (χ0v) is 13.4. The largest absolute Gasteiger partial charge is 0.481 e. The maximum atomic E-state index is 12.0. The minimum absolute atomic E-state index is 0.424. The van der Waals surface area contributed by atoms with Crippen molar-refractivity contribution < 1.29 is 9.90 Å². The Labute approximate surface area is 139 Å². The molecule has 1 aromatic heterocycles. The summed E-state index contributed by atoms with van der Waals surface area (Å²) in [4.78, 5) is 22.4. The number of anilines is 1. The molecule has 1 aromatic carbocycles. The van der Waals surface area contributed by atoms with Crippen molar-refractivity contribution in [3.63, 3.8) is 0 Å². The lowest BCUT2D eigenvalue weighted by Gasteiger charge is -2.40. The number of benzene rings is 1. The first-order valence-corrected chi connectivity index (χ1v) is 7.96. The van der Waals surface area contributed by atoms with Gasteiger partial charge in [0.05, 0.1) is 11.6 Å². The molecule has 0 bridgehead atoms. The Morgan fingerprint density at radius 1 is 1.39 bits per heavy atom. The number of carboxylic acids is 1. The number of hydrogen-bond acceptors (Lipinski definition) is 4. The molecule has 0 radical (unpaired) electrons. The minimum Gasteiger partial charge on any atom is -0.481 e. The van der Waals surface area contributed by atoms with Crippen LogP contribution in [-0.4, -0.2) is 34.1 Å². The fourth-order valence-corrected chi connectivity index (χ4v) is 3.43. The van der Waals surface area contributed by atoms with Crippen LogP contribution in [0.1, 0.15) is 18.4 Å². The Balaban J connectivity index is 1.87. The van der Waals surface area contributed by atoms with E-state index in [-0.39, 0.29) is 0 Å². The molecule has 120 valence electrons. The second kappa shape index (κ2) is 6.54. The Morgan fingerprint density at radius 3 is 2.96 bits per heavy atom. The number of carboxylic acid groups (broad SMARTS) is 1. The van der Waals surface area contributed by atoms with Crippen molar-refractivity contribution in [1.82, 2.24) is 9.97 Å². The number of halogens is 1. The van der Waals surface area contributed by atoms with Crippen LogP contribution in [0.2, 0.25) is 5.02 Å². The fraction of sp³-hybridized carbons (Fsp3) is 0.353. The van der Waals surface area contributed by atoms with Crippen LogP contribution in [0, 0.1) is 5.41 Å². The highest BCUT2D eigenvalue weighted by molar-refractivity contribution is 6.30. The van der Waals surface area contributed by atoms with Crippen molar-refractivity contribution in [2.45, 2.75) is 19.3 Å². The predicted octanol–water partition coefficient (Wildman–Crippen LogP) is 3.04. The van der Waals surface area contributed by atoms with Crippen LogP contribution >= 0.6 is 11.6 Å². The zero-order valence-electron chi connectivity index (χ0n) is 12.7. The van der Waals surface area contributed by atoms with E-state index in [2.05, 4.69) is 9.97 Å². The average Bonchev–Trinajstić information content (AvgIpc) is 2.56. The van der Waals surface area contributed by atoms with Gasteiger partial charge >= 0.3 is 5.97 Å². The summed E-state index contributed by atoms with van der Waals surface area (Å²) in [6.07, 6.45) is 6.83. The van der Waals surface area contributed by atoms with Gasteiger partial charge in [0.2, 0.25) is 0 Å². The summed E-state index contributed by atoms with van der Waals surface area (Å²) in [5.74, 6) is -0.0463. The first-order chi connectivity index (χ1) is 11.1. The Bertz CT molecular complexity index is 695. The van der Waals surface area contributed by atoms with Crippen LogP contribution in [0.25, 0.3) is 0 Å². The van der Waals surface area contributed by atoms with Crippen LogP contribution in [0.5, 0.6) is 0 Å². The molecule has 0 unspecified atom stereocenters. The van der Waals surface area contributed by atoms with Gasteiger partial charge in [-0.3, -0.25) is 9.78 Å². The first kappa shape index (κ1) is 15.7. The van der Waals surface area contributed by atoms with Crippen molar-refractivity contribution in [2.75, 3.05) is 18.0 Å². The average molecular weight is 332 g/mol. The number of rotatable bonds is 4. The van der Waals surface area contributed by atoms with Crippen molar-refractivity contribution in [3.05, 3.63) is 53.4 Å². The lowest BCUT2D eigenvalue weighted by atomic mass is 9.75. The second-order valence-corrected chi connectivity index (χ2v) is 6.42. The molecule has 0 saturated carbocycles. The van der Waals surface area contributed by atoms with Gasteiger partial charge in [-0.25, -0.2) is 4.98 Å². The SMILES string of the molecule is O=C(O)[C@]1(Cc2cccc(Cl)c2)CCCN(c2cnccn2)C1. The van der Waals surface area contributed by atoms with Crippen LogP contribution in [0.15, 0.2) is 42.9 Å². The highest BCUT2D eigenvalue weighted by atomic mass is 35.5. The van der Waals surface area contributed by atoms with Gasteiger partial charge in [-0.05, 0) is 37.0 Å². The van der Waals surface area contributed by atoms with Crippen LogP contribution in [-0.2, 0) is 11.2 Å². The molecule has 0 spiro atoms. The van der Waals surface area contributed by atoms with Gasteiger partial charge < -0.3 is 10.0 Å². The molecular formula is C17H18ClN3O2. The summed E-state index contributed by atoms with van der Waals surface area (Å²) >= 11 is 6.04. The van der Waals surface area contributed by atoms with E-state index in [0.717, 1.165) is 24.3 Å².